The first-order valence-electron chi connectivity index (χ1n) is 7.60. The molecule has 2 saturated heterocycles. The summed E-state index contributed by atoms with van der Waals surface area (Å²) >= 11 is 0. The summed E-state index contributed by atoms with van der Waals surface area (Å²) < 4.78 is 7.10. The van der Waals surface area contributed by atoms with Gasteiger partial charge in [0, 0.05) is 19.8 Å². The smallest absolute Gasteiger partial charge is 0.407 e. The van der Waals surface area contributed by atoms with Crippen molar-refractivity contribution in [3.05, 3.63) is 24.0 Å². The average Bonchev–Trinajstić information content (AvgIpc) is 3.10. The number of nitrogens with one attached hydrogen (secondary N) is 1. The second kappa shape index (κ2) is 4.94. The number of aromatic nitrogens is 3. The molecular weight excluding hydrogens is 298 g/mol. The largest absolute Gasteiger partial charge is 0.439 e. The van der Waals surface area contributed by atoms with Crippen LogP contribution in [0.2, 0.25) is 0 Å². The number of nitrogens with zero attached hydrogens (tertiary/aromatic N) is 4. The minimum atomic E-state index is -0.588. The zero-order chi connectivity index (χ0) is 16.0. The SMILES string of the molecule is Cn1ncc2ncc(C(=O)N3CCCC4(CNC(=O)O4)C3)cc21. The summed E-state index contributed by atoms with van der Waals surface area (Å²) in [4.78, 5) is 30.2. The summed E-state index contributed by atoms with van der Waals surface area (Å²) in [6.07, 6.45) is 4.42. The molecule has 1 unspecified atom stereocenters. The molecule has 4 heterocycles. The fraction of sp³-hybridized carbons (Fsp3) is 0.467. The van der Waals surface area contributed by atoms with Gasteiger partial charge in [-0.05, 0) is 18.9 Å². The predicted octanol–water partition coefficient (Wildman–Crippen LogP) is 0.683. The molecule has 120 valence electrons. The van der Waals surface area contributed by atoms with Gasteiger partial charge in [-0.3, -0.25) is 14.5 Å². The van der Waals surface area contributed by atoms with Crippen LogP contribution in [0.1, 0.15) is 23.2 Å². The van der Waals surface area contributed by atoms with Gasteiger partial charge < -0.3 is 15.0 Å². The molecule has 0 bridgehead atoms. The second-order valence-corrected chi connectivity index (χ2v) is 6.15. The topological polar surface area (TPSA) is 89.4 Å². The first-order chi connectivity index (χ1) is 11.1. The maximum atomic E-state index is 12.8. The van der Waals surface area contributed by atoms with Crippen molar-refractivity contribution in [3.8, 4) is 0 Å². The third-order valence-corrected chi connectivity index (χ3v) is 4.54. The Balaban J connectivity index is 1.59. The van der Waals surface area contributed by atoms with Crippen LogP contribution in [-0.4, -0.2) is 56.9 Å². The van der Waals surface area contributed by atoms with E-state index in [1.165, 1.54) is 0 Å². The van der Waals surface area contributed by atoms with Crippen LogP contribution in [0.3, 0.4) is 0 Å². The highest BCUT2D eigenvalue weighted by molar-refractivity contribution is 5.96. The Labute approximate surface area is 132 Å². The molecule has 2 fully saturated rings. The molecule has 1 spiro atoms. The molecule has 0 aliphatic carbocycles. The molecule has 0 aromatic carbocycles. The Morgan fingerprint density at radius 1 is 1.43 bits per heavy atom. The van der Waals surface area contributed by atoms with Crippen molar-refractivity contribution in [1.82, 2.24) is 25.0 Å². The molecule has 0 radical (unpaired) electrons. The zero-order valence-corrected chi connectivity index (χ0v) is 12.8. The summed E-state index contributed by atoms with van der Waals surface area (Å²) in [6, 6.07) is 1.80. The lowest BCUT2D eigenvalue weighted by atomic mass is 9.92. The highest BCUT2D eigenvalue weighted by Crippen LogP contribution is 2.29. The molecule has 1 N–H and O–H groups in total. The number of pyridine rings is 1. The fourth-order valence-corrected chi connectivity index (χ4v) is 3.33. The lowest BCUT2D eigenvalue weighted by molar-refractivity contribution is -0.00504. The minimum absolute atomic E-state index is 0.0948. The van der Waals surface area contributed by atoms with E-state index in [1.807, 2.05) is 7.05 Å². The molecule has 2 aromatic heterocycles. The Morgan fingerprint density at radius 2 is 2.30 bits per heavy atom. The van der Waals surface area contributed by atoms with Gasteiger partial charge in [-0.2, -0.15) is 5.10 Å². The summed E-state index contributed by atoms with van der Waals surface area (Å²) in [5.41, 5.74) is 1.51. The van der Waals surface area contributed by atoms with Crippen molar-refractivity contribution in [1.29, 1.82) is 0 Å². The standard InChI is InChI=1S/C15H17N5O3/c1-19-12-5-10(6-16-11(12)7-18-19)13(21)20-4-2-3-15(9-20)8-17-14(22)23-15/h5-7H,2-4,8-9H2,1H3,(H,17,22). The van der Waals surface area contributed by atoms with E-state index >= 15 is 0 Å². The number of amides is 2. The monoisotopic (exact) mass is 315 g/mol. The highest BCUT2D eigenvalue weighted by Gasteiger charge is 2.44. The number of piperidine rings is 1. The number of hydrogen-bond donors (Lipinski definition) is 1. The number of likely N-dealkylation sites (tertiary alicyclic amines) is 1. The van der Waals surface area contributed by atoms with Crippen molar-refractivity contribution < 1.29 is 14.3 Å². The third kappa shape index (κ3) is 2.30. The van der Waals surface area contributed by atoms with Crippen molar-refractivity contribution in [2.75, 3.05) is 19.6 Å². The Bertz CT molecular complexity index is 802. The van der Waals surface area contributed by atoms with E-state index in [-0.39, 0.29) is 5.91 Å². The van der Waals surface area contributed by atoms with E-state index in [4.69, 9.17) is 4.74 Å². The number of carbonyl (C=O) groups excluding carboxylic acids is 2. The highest BCUT2D eigenvalue weighted by atomic mass is 16.6. The van der Waals surface area contributed by atoms with E-state index < -0.39 is 11.7 Å². The van der Waals surface area contributed by atoms with Crippen LogP contribution in [0, 0.1) is 0 Å². The Kier molecular flexibility index (Phi) is 3.00. The van der Waals surface area contributed by atoms with Crippen LogP contribution < -0.4 is 5.32 Å². The number of hydrogen-bond acceptors (Lipinski definition) is 5. The molecule has 8 heteroatoms. The van der Waals surface area contributed by atoms with E-state index in [0.717, 1.165) is 23.9 Å². The maximum absolute atomic E-state index is 12.8. The number of fused-ring (bicyclic) bond motifs is 1. The van der Waals surface area contributed by atoms with E-state index in [0.29, 0.717) is 25.2 Å². The number of alkyl carbamates (subject to hydrolysis) is 1. The summed E-state index contributed by atoms with van der Waals surface area (Å²) in [6.45, 7) is 1.52. The zero-order valence-electron chi connectivity index (χ0n) is 12.8. The lowest BCUT2D eigenvalue weighted by Crippen LogP contribution is -2.52. The van der Waals surface area contributed by atoms with Gasteiger partial charge in [-0.15, -0.1) is 0 Å². The van der Waals surface area contributed by atoms with Gasteiger partial charge in [0.25, 0.3) is 5.91 Å². The van der Waals surface area contributed by atoms with Crippen LogP contribution in [0.4, 0.5) is 4.79 Å². The molecule has 23 heavy (non-hydrogen) atoms. The molecule has 2 aromatic rings. The number of rotatable bonds is 1. The van der Waals surface area contributed by atoms with Gasteiger partial charge in [0.15, 0.2) is 0 Å². The summed E-state index contributed by atoms with van der Waals surface area (Å²) in [5.74, 6) is -0.0948. The van der Waals surface area contributed by atoms with Crippen LogP contribution in [0.15, 0.2) is 18.5 Å². The van der Waals surface area contributed by atoms with Crippen molar-refractivity contribution in [3.63, 3.8) is 0 Å². The van der Waals surface area contributed by atoms with Crippen molar-refractivity contribution >= 4 is 23.0 Å². The molecular formula is C15H17N5O3. The van der Waals surface area contributed by atoms with E-state index in [1.54, 1.807) is 28.0 Å². The van der Waals surface area contributed by atoms with Crippen LogP contribution in [0.25, 0.3) is 11.0 Å². The molecule has 0 saturated carbocycles. The first kappa shape index (κ1) is 14.0. The Morgan fingerprint density at radius 3 is 3.09 bits per heavy atom. The minimum Gasteiger partial charge on any atom is -0.439 e. The summed E-state index contributed by atoms with van der Waals surface area (Å²) in [5, 5.41) is 6.82. The van der Waals surface area contributed by atoms with Crippen LogP contribution in [0.5, 0.6) is 0 Å². The lowest BCUT2D eigenvalue weighted by Gasteiger charge is -2.38. The van der Waals surface area contributed by atoms with Crippen LogP contribution in [-0.2, 0) is 11.8 Å². The van der Waals surface area contributed by atoms with Gasteiger partial charge >= 0.3 is 6.09 Å². The Hall–Kier alpha value is -2.64. The number of carbonyl (C=O) groups is 2. The third-order valence-electron chi connectivity index (χ3n) is 4.54. The molecule has 1 atom stereocenters. The molecule has 2 amide bonds. The van der Waals surface area contributed by atoms with Crippen molar-refractivity contribution in [2.45, 2.75) is 18.4 Å². The van der Waals surface area contributed by atoms with Gasteiger partial charge in [0.1, 0.15) is 11.1 Å². The van der Waals surface area contributed by atoms with E-state index in [2.05, 4.69) is 15.4 Å². The van der Waals surface area contributed by atoms with Gasteiger partial charge in [-0.25, -0.2) is 4.79 Å². The normalized spacial score (nSPS) is 24.0. The second-order valence-electron chi connectivity index (χ2n) is 6.15. The van der Waals surface area contributed by atoms with Crippen molar-refractivity contribution in [2.24, 2.45) is 7.05 Å². The van der Waals surface area contributed by atoms with Crippen LogP contribution >= 0.6 is 0 Å². The number of aryl methyl sites for hydroxylation is 1. The quantitative estimate of drug-likeness (QED) is 0.836. The predicted molar refractivity (Wildman–Crippen MR) is 80.9 cm³/mol. The average molecular weight is 315 g/mol. The molecule has 2 aliphatic heterocycles. The van der Waals surface area contributed by atoms with Gasteiger partial charge in [0.2, 0.25) is 0 Å². The fourth-order valence-electron chi connectivity index (χ4n) is 3.33. The molecule has 8 nitrogen and oxygen atoms in total. The maximum Gasteiger partial charge on any atom is 0.407 e. The van der Waals surface area contributed by atoms with E-state index in [9.17, 15) is 9.59 Å². The molecule has 2 aliphatic rings. The summed E-state index contributed by atoms with van der Waals surface area (Å²) in [7, 11) is 1.82. The first-order valence-corrected chi connectivity index (χ1v) is 7.60. The molecule has 4 rings (SSSR count). The van der Waals surface area contributed by atoms with Gasteiger partial charge in [-0.1, -0.05) is 0 Å². The van der Waals surface area contributed by atoms with Gasteiger partial charge in [0.05, 0.1) is 30.4 Å². The number of ether oxygens (including phenoxy) is 1.